The molecule has 1 N–H and O–H groups in total. The van der Waals surface area contributed by atoms with E-state index in [1.54, 1.807) is 4.90 Å². The summed E-state index contributed by atoms with van der Waals surface area (Å²) in [5.74, 6) is -1.23. The molecule has 4 rings (SSSR count). The van der Waals surface area contributed by atoms with Crippen molar-refractivity contribution in [2.75, 3.05) is 38.6 Å². The summed E-state index contributed by atoms with van der Waals surface area (Å²) in [5, 5.41) is 3.02. The highest BCUT2D eigenvalue weighted by Crippen LogP contribution is 2.27. The number of anilines is 1. The van der Waals surface area contributed by atoms with E-state index in [0.29, 0.717) is 12.1 Å². The standard InChI is InChI=1S/C24H30F2N4O/c1-28-10-8-21(9-11-28)30(16-19-4-5-20(25)14-22(19)26)24(31)27-15-17-3-6-23-18(13-17)7-12-29(23)2/h3-6,13-14,21H,7-12,15-16H2,1-2H3,(H,27,31). The number of hydrogen-bond acceptors (Lipinski definition) is 3. The van der Waals surface area contributed by atoms with Gasteiger partial charge in [0.15, 0.2) is 0 Å². The van der Waals surface area contributed by atoms with Gasteiger partial charge < -0.3 is 20.0 Å². The zero-order valence-corrected chi connectivity index (χ0v) is 18.2. The lowest BCUT2D eigenvalue weighted by molar-refractivity contribution is 0.126. The number of nitrogens with one attached hydrogen (secondary N) is 1. The van der Waals surface area contributed by atoms with Crippen molar-refractivity contribution in [1.82, 2.24) is 15.1 Å². The lowest BCUT2D eigenvalue weighted by atomic mass is 10.0. The number of amides is 2. The zero-order chi connectivity index (χ0) is 22.0. The first-order valence-electron chi connectivity index (χ1n) is 10.9. The Labute approximate surface area is 182 Å². The summed E-state index contributed by atoms with van der Waals surface area (Å²) in [5.41, 5.74) is 3.93. The molecule has 0 bridgehead atoms. The second-order valence-electron chi connectivity index (χ2n) is 8.69. The highest BCUT2D eigenvalue weighted by Gasteiger charge is 2.28. The van der Waals surface area contributed by atoms with Crippen LogP contribution in [0.4, 0.5) is 19.3 Å². The summed E-state index contributed by atoms with van der Waals surface area (Å²) in [6, 6.07) is 9.65. The number of likely N-dealkylation sites (N-methyl/N-ethyl adjacent to an activating group) is 1. The fourth-order valence-electron chi connectivity index (χ4n) is 4.52. The van der Waals surface area contributed by atoms with Crippen LogP contribution in [0.1, 0.15) is 29.5 Å². The highest BCUT2D eigenvalue weighted by atomic mass is 19.1. The van der Waals surface area contributed by atoms with E-state index in [1.807, 2.05) is 6.07 Å². The summed E-state index contributed by atoms with van der Waals surface area (Å²) in [6.45, 7) is 3.34. The SMILES string of the molecule is CN1CCC(N(Cc2ccc(F)cc2F)C(=O)NCc2ccc3c(c2)CCN3C)CC1. The monoisotopic (exact) mass is 428 g/mol. The molecule has 166 valence electrons. The third-order valence-electron chi connectivity index (χ3n) is 6.46. The van der Waals surface area contributed by atoms with Gasteiger partial charge in [-0.15, -0.1) is 0 Å². The van der Waals surface area contributed by atoms with E-state index >= 15 is 0 Å². The Balaban J connectivity index is 1.47. The van der Waals surface area contributed by atoms with Crippen molar-refractivity contribution in [3.05, 3.63) is 64.7 Å². The molecule has 2 amide bonds. The average molecular weight is 429 g/mol. The van der Waals surface area contributed by atoms with Gasteiger partial charge in [0.05, 0.1) is 6.54 Å². The Bertz CT molecular complexity index is 943. The maximum atomic E-state index is 14.3. The van der Waals surface area contributed by atoms with Gasteiger partial charge in [0.1, 0.15) is 11.6 Å². The van der Waals surface area contributed by atoms with Crippen LogP contribution in [0.15, 0.2) is 36.4 Å². The van der Waals surface area contributed by atoms with E-state index in [1.165, 1.54) is 23.4 Å². The van der Waals surface area contributed by atoms with Gasteiger partial charge in [-0.1, -0.05) is 18.2 Å². The van der Waals surface area contributed by atoms with Crippen LogP contribution in [0.5, 0.6) is 0 Å². The largest absolute Gasteiger partial charge is 0.374 e. The first-order chi connectivity index (χ1) is 14.9. The lowest BCUT2D eigenvalue weighted by Crippen LogP contribution is -2.49. The second-order valence-corrected chi connectivity index (χ2v) is 8.69. The fourth-order valence-corrected chi connectivity index (χ4v) is 4.52. The molecule has 5 nitrogen and oxygen atoms in total. The number of carbonyl (C=O) groups excluding carboxylic acids is 1. The number of urea groups is 1. The average Bonchev–Trinajstić information content (AvgIpc) is 3.12. The smallest absolute Gasteiger partial charge is 0.318 e. The number of halogens is 2. The Hall–Kier alpha value is -2.67. The quantitative estimate of drug-likeness (QED) is 0.788. The third kappa shape index (κ3) is 4.98. The van der Waals surface area contributed by atoms with Gasteiger partial charge in [-0.3, -0.25) is 0 Å². The van der Waals surface area contributed by atoms with Crippen molar-refractivity contribution in [1.29, 1.82) is 0 Å². The van der Waals surface area contributed by atoms with Gasteiger partial charge in [-0.2, -0.15) is 0 Å². The number of hydrogen-bond donors (Lipinski definition) is 1. The Morgan fingerprint density at radius 2 is 1.87 bits per heavy atom. The van der Waals surface area contributed by atoms with Crippen molar-refractivity contribution in [3.8, 4) is 0 Å². The number of carbonyl (C=O) groups is 1. The molecule has 2 aromatic carbocycles. The molecule has 0 aliphatic carbocycles. The van der Waals surface area contributed by atoms with Crippen molar-refractivity contribution in [2.24, 2.45) is 0 Å². The molecule has 2 aromatic rings. The minimum Gasteiger partial charge on any atom is -0.374 e. The van der Waals surface area contributed by atoms with Crippen LogP contribution >= 0.6 is 0 Å². The molecule has 2 heterocycles. The number of nitrogens with zero attached hydrogens (tertiary/aromatic N) is 3. The van der Waals surface area contributed by atoms with Crippen LogP contribution in [0.2, 0.25) is 0 Å². The summed E-state index contributed by atoms with van der Waals surface area (Å²) < 4.78 is 27.6. The second kappa shape index (κ2) is 9.22. The van der Waals surface area contributed by atoms with Crippen molar-refractivity contribution < 1.29 is 13.6 Å². The summed E-state index contributed by atoms with van der Waals surface area (Å²) >= 11 is 0. The first kappa shape index (κ1) is 21.6. The maximum absolute atomic E-state index is 14.3. The fraction of sp³-hybridized carbons (Fsp3) is 0.458. The topological polar surface area (TPSA) is 38.8 Å². The molecule has 31 heavy (non-hydrogen) atoms. The number of piperidine rings is 1. The van der Waals surface area contributed by atoms with Crippen LogP contribution in [0.3, 0.4) is 0 Å². The van der Waals surface area contributed by atoms with E-state index in [-0.39, 0.29) is 18.6 Å². The maximum Gasteiger partial charge on any atom is 0.318 e. The van der Waals surface area contributed by atoms with Crippen LogP contribution in [-0.2, 0) is 19.5 Å². The van der Waals surface area contributed by atoms with Gasteiger partial charge in [0.25, 0.3) is 0 Å². The predicted octanol–water partition coefficient (Wildman–Crippen LogP) is 3.76. The normalized spacial score (nSPS) is 17.0. The van der Waals surface area contributed by atoms with Gasteiger partial charge in [-0.05, 0) is 62.7 Å². The van der Waals surface area contributed by atoms with Gasteiger partial charge >= 0.3 is 6.03 Å². The number of likely N-dealkylation sites (tertiary alicyclic amines) is 1. The molecule has 2 aliphatic heterocycles. The molecule has 0 radical (unpaired) electrons. The van der Waals surface area contributed by atoms with Crippen LogP contribution in [0, 0.1) is 11.6 Å². The summed E-state index contributed by atoms with van der Waals surface area (Å²) in [6.07, 6.45) is 2.68. The molecule has 0 unspecified atom stereocenters. The Morgan fingerprint density at radius 3 is 2.61 bits per heavy atom. The number of benzene rings is 2. The van der Waals surface area contributed by atoms with E-state index < -0.39 is 11.6 Å². The molecule has 2 aliphatic rings. The molecular formula is C24H30F2N4O. The minimum atomic E-state index is -0.617. The van der Waals surface area contributed by atoms with E-state index in [9.17, 15) is 13.6 Å². The third-order valence-corrected chi connectivity index (χ3v) is 6.46. The van der Waals surface area contributed by atoms with E-state index in [0.717, 1.165) is 50.5 Å². The molecule has 0 aromatic heterocycles. The van der Waals surface area contributed by atoms with Gasteiger partial charge in [0, 0.05) is 43.5 Å². The van der Waals surface area contributed by atoms with E-state index in [4.69, 9.17) is 0 Å². The number of fused-ring (bicyclic) bond motifs is 1. The van der Waals surface area contributed by atoms with Crippen LogP contribution in [0.25, 0.3) is 0 Å². The Kier molecular flexibility index (Phi) is 6.41. The Morgan fingerprint density at radius 1 is 1.10 bits per heavy atom. The van der Waals surface area contributed by atoms with Crippen molar-refractivity contribution in [2.45, 2.75) is 38.4 Å². The number of rotatable bonds is 5. The molecule has 0 spiro atoms. The molecular weight excluding hydrogens is 398 g/mol. The van der Waals surface area contributed by atoms with Crippen LogP contribution < -0.4 is 10.2 Å². The van der Waals surface area contributed by atoms with Gasteiger partial charge in [-0.25, -0.2) is 13.6 Å². The predicted molar refractivity (Wildman–Crippen MR) is 118 cm³/mol. The highest BCUT2D eigenvalue weighted by molar-refractivity contribution is 5.74. The minimum absolute atomic E-state index is 0.0225. The lowest BCUT2D eigenvalue weighted by Gasteiger charge is -2.37. The molecule has 0 atom stereocenters. The van der Waals surface area contributed by atoms with Crippen LogP contribution in [-0.4, -0.2) is 55.6 Å². The molecule has 1 fully saturated rings. The molecule has 7 heteroatoms. The molecule has 0 saturated carbocycles. The zero-order valence-electron chi connectivity index (χ0n) is 18.2. The first-order valence-corrected chi connectivity index (χ1v) is 10.9. The van der Waals surface area contributed by atoms with Crippen molar-refractivity contribution in [3.63, 3.8) is 0 Å². The summed E-state index contributed by atoms with van der Waals surface area (Å²) in [7, 11) is 4.15. The van der Waals surface area contributed by atoms with Gasteiger partial charge in [0.2, 0.25) is 0 Å². The van der Waals surface area contributed by atoms with Crippen molar-refractivity contribution >= 4 is 11.7 Å². The molecule has 1 saturated heterocycles. The van der Waals surface area contributed by atoms with E-state index in [2.05, 4.69) is 41.3 Å². The summed E-state index contributed by atoms with van der Waals surface area (Å²) in [4.78, 5) is 19.3.